The minimum absolute atomic E-state index is 0.00104. The van der Waals surface area contributed by atoms with Gasteiger partial charge in [-0.25, -0.2) is 0 Å². The molecule has 3 amide bonds. The van der Waals surface area contributed by atoms with Crippen LogP contribution in [0.2, 0.25) is 0 Å². The van der Waals surface area contributed by atoms with Gasteiger partial charge in [0.25, 0.3) is 0 Å². The minimum atomic E-state index is 0.00104. The maximum atomic E-state index is 12.6. The van der Waals surface area contributed by atoms with E-state index in [4.69, 9.17) is 0 Å². The highest BCUT2D eigenvalue weighted by atomic mass is 16.2. The number of piperidine rings is 2. The van der Waals surface area contributed by atoms with Gasteiger partial charge >= 0.3 is 0 Å². The zero-order valence-corrected chi connectivity index (χ0v) is 14.5. The van der Waals surface area contributed by atoms with Crippen molar-refractivity contribution in [2.45, 2.75) is 52.5 Å². The zero-order chi connectivity index (χ0) is 17.0. The van der Waals surface area contributed by atoms with Gasteiger partial charge in [-0.05, 0) is 25.7 Å². The predicted octanol–water partition coefficient (Wildman–Crippen LogP) is 1.01. The van der Waals surface area contributed by atoms with Crippen LogP contribution in [0.25, 0.3) is 0 Å². The largest absolute Gasteiger partial charge is 0.353 e. The van der Waals surface area contributed by atoms with Crippen molar-refractivity contribution < 1.29 is 14.4 Å². The quantitative estimate of drug-likeness (QED) is 0.843. The van der Waals surface area contributed by atoms with E-state index >= 15 is 0 Å². The molecule has 2 aliphatic rings. The van der Waals surface area contributed by atoms with E-state index in [-0.39, 0.29) is 35.6 Å². The van der Waals surface area contributed by atoms with Crippen LogP contribution >= 0.6 is 0 Å². The Hall–Kier alpha value is -1.59. The fourth-order valence-electron chi connectivity index (χ4n) is 3.31. The van der Waals surface area contributed by atoms with Crippen molar-refractivity contribution in [1.29, 1.82) is 0 Å². The average molecular weight is 323 g/mol. The molecule has 130 valence electrons. The van der Waals surface area contributed by atoms with Crippen LogP contribution in [0.1, 0.15) is 46.5 Å². The first kappa shape index (κ1) is 17.8. The van der Waals surface area contributed by atoms with Gasteiger partial charge in [-0.15, -0.1) is 0 Å². The van der Waals surface area contributed by atoms with Crippen molar-refractivity contribution in [3.63, 3.8) is 0 Å². The van der Waals surface area contributed by atoms with Crippen LogP contribution in [-0.4, -0.2) is 59.7 Å². The molecule has 0 atom stereocenters. The van der Waals surface area contributed by atoms with E-state index in [0.29, 0.717) is 13.1 Å². The molecule has 2 rings (SSSR count). The van der Waals surface area contributed by atoms with Crippen molar-refractivity contribution in [2.75, 3.05) is 26.2 Å². The van der Waals surface area contributed by atoms with Gasteiger partial charge in [0.2, 0.25) is 17.7 Å². The summed E-state index contributed by atoms with van der Waals surface area (Å²) in [6.07, 6.45) is 3.19. The molecule has 1 N–H and O–H groups in total. The highest BCUT2D eigenvalue weighted by Gasteiger charge is 2.31. The third-order valence-electron chi connectivity index (χ3n) is 4.97. The van der Waals surface area contributed by atoms with E-state index in [1.807, 2.05) is 23.6 Å². The maximum Gasteiger partial charge on any atom is 0.225 e. The molecule has 0 bridgehead atoms. The maximum absolute atomic E-state index is 12.6. The molecule has 2 aliphatic heterocycles. The van der Waals surface area contributed by atoms with Crippen LogP contribution in [0.15, 0.2) is 0 Å². The van der Waals surface area contributed by atoms with Crippen molar-refractivity contribution in [3.8, 4) is 0 Å². The van der Waals surface area contributed by atoms with Crippen LogP contribution in [-0.2, 0) is 14.4 Å². The smallest absolute Gasteiger partial charge is 0.225 e. The number of hydrogen-bond donors (Lipinski definition) is 1. The topological polar surface area (TPSA) is 69.7 Å². The second kappa shape index (κ2) is 7.79. The number of nitrogens with zero attached hydrogens (tertiary/aromatic N) is 2. The van der Waals surface area contributed by atoms with E-state index in [1.165, 1.54) is 0 Å². The van der Waals surface area contributed by atoms with Gasteiger partial charge in [-0.2, -0.15) is 0 Å². The molecular weight excluding hydrogens is 294 g/mol. The Balaban J connectivity index is 1.76. The van der Waals surface area contributed by atoms with Gasteiger partial charge in [0.05, 0.1) is 0 Å². The van der Waals surface area contributed by atoms with E-state index in [9.17, 15) is 14.4 Å². The molecule has 23 heavy (non-hydrogen) atoms. The SMILES string of the molecule is CC(=O)N1CCC(C(=O)N2CCC(NC(=O)C(C)C)CC2)CC1. The van der Waals surface area contributed by atoms with E-state index in [2.05, 4.69) is 5.32 Å². The third-order valence-corrected chi connectivity index (χ3v) is 4.97. The molecule has 6 nitrogen and oxygen atoms in total. The number of likely N-dealkylation sites (tertiary alicyclic amines) is 2. The summed E-state index contributed by atoms with van der Waals surface area (Å²) < 4.78 is 0. The van der Waals surface area contributed by atoms with Crippen LogP contribution in [0.3, 0.4) is 0 Å². The Bertz CT molecular complexity index is 448. The van der Waals surface area contributed by atoms with Crippen LogP contribution in [0.5, 0.6) is 0 Å². The summed E-state index contributed by atoms with van der Waals surface area (Å²) in [7, 11) is 0. The normalized spacial score (nSPS) is 20.7. The average Bonchev–Trinajstić information content (AvgIpc) is 2.55. The fraction of sp³-hybridized carbons (Fsp3) is 0.824. The number of rotatable bonds is 3. The molecule has 2 saturated heterocycles. The Morgan fingerprint density at radius 2 is 1.43 bits per heavy atom. The Kier molecular flexibility index (Phi) is 6.02. The van der Waals surface area contributed by atoms with E-state index in [1.54, 1.807) is 6.92 Å². The lowest BCUT2D eigenvalue weighted by Gasteiger charge is -2.37. The number of nitrogens with one attached hydrogen (secondary N) is 1. The Morgan fingerprint density at radius 1 is 0.913 bits per heavy atom. The second-order valence-electron chi connectivity index (χ2n) is 7.04. The molecule has 0 spiro atoms. The van der Waals surface area contributed by atoms with E-state index in [0.717, 1.165) is 38.8 Å². The molecule has 0 aromatic heterocycles. The number of hydrogen-bond acceptors (Lipinski definition) is 3. The number of amides is 3. The third kappa shape index (κ3) is 4.69. The van der Waals surface area contributed by atoms with Crippen molar-refractivity contribution in [3.05, 3.63) is 0 Å². The molecule has 0 aliphatic carbocycles. The Labute approximate surface area is 138 Å². The van der Waals surface area contributed by atoms with Crippen LogP contribution in [0, 0.1) is 11.8 Å². The molecule has 6 heteroatoms. The second-order valence-corrected chi connectivity index (χ2v) is 7.04. The first-order valence-corrected chi connectivity index (χ1v) is 8.73. The van der Waals surface area contributed by atoms with Crippen molar-refractivity contribution >= 4 is 17.7 Å². The van der Waals surface area contributed by atoms with Crippen LogP contribution < -0.4 is 5.32 Å². The first-order chi connectivity index (χ1) is 10.9. The molecule has 2 fully saturated rings. The van der Waals surface area contributed by atoms with Gasteiger partial charge in [-0.3, -0.25) is 14.4 Å². The van der Waals surface area contributed by atoms with Gasteiger partial charge < -0.3 is 15.1 Å². The highest BCUT2D eigenvalue weighted by Crippen LogP contribution is 2.22. The molecule has 0 aromatic rings. The molecule has 2 heterocycles. The standard InChI is InChI=1S/C17H29N3O3/c1-12(2)16(22)18-15-6-10-20(11-7-15)17(23)14-4-8-19(9-5-14)13(3)21/h12,14-15H,4-11H2,1-3H3,(H,18,22). The lowest BCUT2D eigenvalue weighted by atomic mass is 9.93. The molecular formula is C17H29N3O3. The number of carbonyl (C=O) groups excluding carboxylic acids is 3. The Morgan fingerprint density at radius 3 is 1.91 bits per heavy atom. The van der Waals surface area contributed by atoms with Crippen molar-refractivity contribution in [2.24, 2.45) is 11.8 Å². The van der Waals surface area contributed by atoms with E-state index < -0.39 is 0 Å². The summed E-state index contributed by atoms with van der Waals surface area (Å²) >= 11 is 0. The summed E-state index contributed by atoms with van der Waals surface area (Å²) in [6, 6.07) is 0.188. The van der Waals surface area contributed by atoms with Gasteiger partial charge in [0.1, 0.15) is 0 Å². The molecule has 0 radical (unpaired) electrons. The van der Waals surface area contributed by atoms with Crippen LogP contribution in [0.4, 0.5) is 0 Å². The summed E-state index contributed by atoms with van der Waals surface area (Å²) in [4.78, 5) is 39.4. The predicted molar refractivity (Wildman–Crippen MR) is 87.6 cm³/mol. The first-order valence-electron chi connectivity index (χ1n) is 8.73. The lowest BCUT2D eigenvalue weighted by molar-refractivity contribution is -0.141. The van der Waals surface area contributed by atoms with Gasteiger partial charge in [-0.1, -0.05) is 13.8 Å². The summed E-state index contributed by atoms with van der Waals surface area (Å²) in [5.74, 6) is 0.458. The van der Waals surface area contributed by atoms with Crippen molar-refractivity contribution in [1.82, 2.24) is 15.1 Å². The highest BCUT2D eigenvalue weighted by molar-refractivity contribution is 5.80. The fourth-order valence-corrected chi connectivity index (χ4v) is 3.31. The summed E-state index contributed by atoms with van der Waals surface area (Å²) in [5.41, 5.74) is 0. The lowest BCUT2D eigenvalue weighted by Crippen LogP contribution is -2.50. The molecule has 0 unspecified atom stereocenters. The molecule has 0 saturated carbocycles. The zero-order valence-electron chi connectivity index (χ0n) is 14.5. The summed E-state index contributed by atoms with van der Waals surface area (Å²) in [5, 5.41) is 3.05. The number of carbonyl (C=O) groups is 3. The monoisotopic (exact) mass is 323 g/mol. The summed E-state index contributed by atoms with van der Waals surface area (Å²) in [6.45, 7) is 8.17. The minimum Gasteiger partial charge on any atom is -0.353 e. The van der Waals surface area contributed by atoms with Gasteiger partial charge in [0, 0.05) is 51.0 Å². The molecule has 0 aromatic carbocycles. The van der Waals surface area contributed by atoms with Gasteiger partial charge in [0.15, 0.2) is 0 Å².